The molecule has 2 aliphatic heterocycles. The summed E-state index contributed by atoms with van der Waals surface area (Å²) in [5.74, 6) is -0.106. The standard InChI is InChI=1S/C37H68O5/c1-3-4-5-6-7-17-20-23-26-33(38)35-28-29-36(42-35)34(39)27-24-21-18-15-13-11-9-8-10-12-14-16-19-22-25-32-30-31(2)41-37(32)40/h30-31,33-36,38-39H,3-29H2,1-2H3. The Kier molecular flexibility index (Phi) is 21.7. The molecular formula is C37H68O5. The summed E-state index contributed by atoms with van der Waals surface area (Å²) in [6.07, 6.45) is 33.5. The van der Waals surface area contributed by atoms with Crippen molar-refractivity contribution < 1.29 is 24.5 Å². The minimum atomic E-state index is -0.377. The Morgan fingerprint density at radius 3 is 1.40 bits per heavy atom. The van der Waals surface area contributed by atoms with Crippen molar-refractivity contribution in [2.75, 3.05) is 0 Å². The van der Waals surface area contributed by atoms with Gasteiger partial charge in [0.2, 0.25) is 0 Å². The van der Waals surface area contributed by atoms with Crippen LogP contribution < -0.4 is 0 Å². The first-order valence-corrected chi connectivity index (χ1v) is 18.4. The number of esters is 1. The van der Waals surface area contributed by atoms with Crippen LogP contribution in [0.15, 0.2) is 11.6 Å². The van der Waals surface area contributed by atoms with E-state index in [2.05, 4.69) is 6.92 Å². The summed E-state index contributed by atoms with van der Waals surface area (Å²) in [7, 11) is 0. The molecule has 0 saturated carbocycles. The topological polar surface area (TPSA) is 76.0 Å². The van der Waals surface area contributed by atoms with Gasteiger partial charge in [-0.05, 0) is 51.5 Å². The fraction of sp³-hybridized carbons (Fsp3) is 0.919. The van der Waals surface area contributed by atoms with E-state index in [1.165, 1.54) is 122 Å². The maximum atomic E-state index is 11.6. The van der Waals surface area contributed by atoms with Crippen LogP contribution in [0, 0.1) is 0 Å². The first-order valence-electron chi connectivity index (χ1n) is 18.4. The molecule has 1 saturated heterocycles. The Labute approximate surface area is 259 Å². The second kappa shape index (κ2) is 24.4. The fourth-order valence-electron chi connectivity index (χ4n) is 6.72. The van der Waals surface area contributed by atoms with Crippen LogP contribution in [0.2, 0.25) is 0 Å². The Morgan fingerprint density at radius 1 is 0.643 bits per heavy atom. The zero-order chi connectivity index (χ0) is 30.3. The lowest BCUT2D eigenvalue weighted by molar-refractivity contribution is -0.139. The van der Waals surface area contributed by atoms with E-state index in [1.807, 2.05) is 13.0 Å². The highest BCUT2D eigenvalue weighted by molar-refractivity contribution is 5.90. The van der Waals surface area contributed by atoms with Crippen LogP contribution in [0.1, 0.15) is 187 Å². The molecule has 0 spiro atoms. The SMILES string of the molecule is CCCCCCCCCCC(O)C1CCC(C(O)CCCCCCCCCCCCCCCCC2=CC(C)OC2=O)O1. The lowest BCUT2D eigenvalue weighted by atomic mass is 10.00. The summed E-state index contributed by atoms with van der Waals surface area (Å²) >= 11 is 0. The highest BCUT2D eigenvalue weighted by Crippen LogP contribution is 2.28. The average Bonchev–Trinajstić information content (AvgIpc) is 3.60. The molecule has 42 heavy (non-hydrogen) atoms. The van der Waals surface area contributed by atoms with E-state index in [0.717, 1.165) is 56.9 Å². The maximum Gasteiger partial charge on any atom is 0.334 e. The highest BCUT2D eigenvalue weighted by Gasteiger charge is 2.34. The van der Waals surface area contributed by atoms with Gasteiger partial charge in [-0.15, -0.1) is 0 Å². The molecule has 5 heteroatoms. The zero-order valence-electron chi connectivity index (χ0n) is 27.7. The number of aliphatic hydroxyl groups is 2. The van der Waals surface area contributed by atoms with Crippen molar-refractivity contribution in [2.24, 2.45) is 0 Å². The molecule has 0 radical (unpaired) electrons. The predicted octanol–water partition coefficient (Wildman–Crippen LogP) is 9.90. The number of unbranched alkanes of at least 4 members (excludes halogenated alkanes) is 20. The number of ether oxygens (including phenoxy) is 2. The molecule has 0 aromatic rings. The first kappa shape index (κ1) is 37.3. The van der Waals surface area contributed by atoms with Crippen LogP contribution in [-0.4, -0.2) is 46.7 Å². The van der Waals surface area contributed by atoms with Gasteiger partial charge in [0.25, 0.3) is 0 Å². The minimum Gasteiger partial charge on any atom is -0.455 e. The molecule has 246 valence electrons. The average molecular weight is 593 g/mol. The van der Waals surface area contributed by atoms with Gasteiger partial charge in [0.15, 0.2) is 0 Å². The van der Waals surface area contributed by atoms with Crippen LogP contribution in [0.25, 0.3) is 0 Å². The Balaban J connectivity index is 1.30. The fourth-order valence-corrected chi connectivity index (χ4v) is 6.72. The van der Waals surface area contributed by atoms with Crippen molar-refractivity contribution in [3.8, 4) is 0 Å². The molecular weight excluding hydrogens is 524 g/mol. The molecule has 2 N–H and O–H groups in total. The predicted molar refractivity (Wildman–Crippen MR) is 175 cm³/mol. The molecule has 0 aliphatic carbocycles. The first-order chi connectivity index (χ1) is 20.5. The highest BCUT2D eigenvalue weighted by atomic mass is 16.5. The summed E-state index contributed by atoms with van der Waals surface area (Å²) in [5.41, 5.74) is 0.882. The van der Waals surface area contributed by atoms with Crippen molar-refractivity contribution in [1.82, 2.24) is 0 Å². The Bertz CT molecular complexity index is 692. The monoisotopic (exact) mass is 593 g/mol. The molecule has 0 aromatic carbocycles. The number of carbonyl (C=O) groups excluding carboxylic acids is 1. The van der Waals surface area contributed by atoms with E-state index >= 15 is 0 Å². The van der Waals surface area contributed by atoms with Gasteiger partial charge >= 0.3 is 5.97 Å². The second-order valence-corrected chi connectivity index (χ2v) is 13.5. The smallest absolute Gasteiger partial charge is 0.334 e. The van der Waals surface area contributed by atoms with Crippen molar-refractivity contribution in [2.45, 2.75) is 218 Å². The normalized spacial score (nSPS) is 22.0. The Hall–Kier alpha value is -0.910. The van der Waals surface area contributed by atoms with Crippen molar-refractivity contribution >= 4 is 5.97 Å². The maximum absolute atomic E-state index is 11.6. The number of aliphatic hydroxyl groups excluding tert-OH is 2. The zero-order valence-corrected chi connectivity index (χ0v) is 27.7. The molecule has 0 amide bonds. The molecule has 0 aromatic heterocycles. The summed E-state index contributed by atoms with van der Waals surface area (Å²) in [4.78, 5) is 11.6. The molecule has 0 bridgehead atoms. The number of rotatable bonds is 28. The summed E-state index contributed by atoms with van der Waals surface area (Å²) in [5, 5.41) is 21.2. The third-order valence-corrected chi connectivity index (χ3v) is 9.48. The van der Waals surface area contributed by atoms with Crippen LogP contribution >= 0.6 is 0 Å². The van der Waals surface area contributed by atoms with Gasteiger partial charge in [0, 0.05) is 5.57 Å². The molecule has 2 rings (SSSR count). The van der Waals surface area contributed by atoms with Crippen LogP contribution in [0.5, 0.6) is 0 Å². The van der Waals surface area contributed by atoms with Crippen molar-refractivity contribution in [1.29, 1.82) is 0 Å². The molecule has 2 heterocycles. The van der Waals surface area contributed by atoms with E-state index in [1.54, 1.807) is 0 Å². The van der Waals surface area contributed by atoms with Gasteiger partial charge < -0.3 is 19.7 Å². The van der Waals surface area contributed by atoms with Crippen LogP contribution in [-0.2, 0) is 14.3 Å². The molecule has 5 nitrogen and oxygen atoms in total. The van der Waals surface area contributed by atoms with E-state index in [9.17, 15) is 15.0 Å². The molecule has 2 aliphatic rings. The van der Waals surface area contributed by atoms with Gasteiger partial charge in [-0.2, -0.15) is 0 Å². The third kappa shape index (κ3) is 17.4. The summed E-state index contributed by atoms with van der Waals surface area (Å²) in [6, 6.07) is 0. The van der Waals surface area contributed by atoms with Gasteiger partial charge in [0.1, 0.15) is 6.10 Å². The van der Waals surface area contributed by atoms with E-state index in [4.69, 9.17) is 9.47 Å². The lowest BCUT2D eigenvalue weighted by Gasteiger charge is -2.22. The minimum absolute atomic E-state index is 0.0343. The van der Waals surface area contributed by atoms with E-state index in [-0.39, 0.29) is 36.5 Å². The van der Waals surface area contributed by atoms with E-state index in [0.29, 0.717) is 0 Å². The lowest BCUT2D eigenvalue weighted by Crippen LogP contribution is -2.31. The number of carbonyl (C=O) groups is 1. The van der Waals surface area contributed by atoms with Crippen LogP contribution in [0.3, 0.4) is 0 Å². The molecule has 5 atom stereocenters. The molecule has 1 fully saturated rings. The van der Waals surface area contributed by atoms with Crippen molar-refractivity contribution in [3.63, 3.8) is 0 Å². The Morgan fingerprint density at radius 2 is 1.02 bits per heavy atom. The second-order valence-electron chi connectivity index (χ2n) is 13.5. The van der Waals surface area contributed by atoms with E-state index < -0.39 is 0 Å². The summed E-state index contributed by atoms with van der Waals surface area (Å²) in [6.45, 7) is 4.18. The number of cyclic esters (lactones) is 1. The summed E-state index contributed by atoms with van der Waals surface area (Å²) < 4.78 is 11.2. The quantitative estimate of drug-likeness (QED) is 0.0698. The van der Waals surface area contributed by atoms with Gasteiger partial charge in [0.05, 0.1) is 24.4 Å². The van der Waals surface area contributed by atoms with Gasteiger partial charge in [-0.1, -0.05) is 142 Å². The van der Waals surface area contributed by atoms with Crippen molar-refractivity contribution in [3.05, 3.63) is 11.6 Å². The number of hydrogen-bond donors (Lipinski definition) is 2. The molecule has 5 unspecified atom stereocenters. The number of hydrogen-bond acceptors (Lipinski definition) is 5. The third-order valence-electron chi connectivity index (χ3n) is 9.48. The van der Waals surface area contributed by atoms with Gasteiger partial charge in [-0.25, -0.2) is 4.79 Å². The van der Waals surface area contributed by atoms with Gasteiger partial charge in [-0.3, -0.25) is 0 Å². The largest absolute Gasteiger partial charge is 0.455 e. The van der Waals surface area contributed by atoms with Crippen LogP contribution in [0.4, 0.5) is 0 Å².